The van der Waals surface area contributed by atoms with E-state index in [1.165, 1.54) is 10.6 Å². The number of thiazole rings is 1. The Bertz CT molecular complexity index is 534. The fourth-order valence-electron chi connectivity index (χ4n) is 2.00. The number of nitrogens with zero attached hydrogens (tertiary/aromatic N) is 2. The van der Waals surface area contributed by atoms with Gasteiger partial charge >= 0.3 is 0 Å². The quantitative estimate of drug-likeness (QED) is 0.850. The zero-order valence-corrected chi connectivity index (χ0v) is 12.6. The Morgan fingerprint density at radius 1 is 1.32 bits per heavy atom. The van der Waals surface area contributed by atoms with Crippen LogP contribution in [-0.4, -0.2) is 15.9 Å². The third kappa shape index (κ3) is 4.04. The molecule has 4 heteroatoms. The number of nitrogens with two attached hydrogens (primary N) is 1. The van der Waals surface area contributed by atoms with Crippen LogP contribution in [0.2, 0.25) is 0 Å². The van der Waals surface area contributed by atoms with Gasteiger partial charge in [0, 0.05) is 29.3 Å². The zero-order chi connectivity index (χ0) is 13.8. The maximum absolute atomic E-state index is 5.84. The predicted octanol–water partition coefficient (Wildman–Crippen LogP) is 3.44. The first-order valence-electron chi connectivity index (χ1n) is 6.54. The minimum atomic E-state index is 0.477. The molecule has 2 aromatic rings. The van der Waals surface area contributed by atoms with Crippen LogP contribution in [0.5, 0.6) is 0 Å². The van der Waals surface area contributed by atoms with Gasteiger partial charge in [0.2, 0.25) is 0 Å². The van der Waals surface area contributed by atoms with Gasteiger partial charge in [0.1, 0.15) is 5.01 Å². The molecule has 0 aliphatic rings. The fourth-order valence-corrected chi connectivity index (χ4v) is 2.79. The van der Waals surface area contributed by atoms with Crippen LogP contribution in [0.25, 0.3) is 0 Å². The normalized spacial score (nSPS) is 11.4. The van der Waals surface area contributed by atoms with Gasteiger partial charge in [0.05, 0.1) is 6.54 Å². The van der Waals surface area contributed by atoms with Crippen molar-refractivity contribution in [3.63, 3.8) is 0 Å². The summed E-state index contributed by atoms with van der Waals surface area (Å²) in [7, 11) is 0. The summed E-state index contributed by atoms with van der Waals surface area (Å²) in [5.74, 6) is 0. The van der Waals surface area contributed by atoms with E-state index in [0.717, 1.165) is 24.5 Å². The molecule has 1 aromatic carbocycles. The van der Waals surface area contributed by atoms with Gasteiger partial charge in [-0.15, -0.1) is 11.3 Å². The third-order valence-electron chi connectivity index (χ3n) is 3.07. The number of hydrogen-bond donors (Lipinski definition) is 1. The molecule has 0 radical (unpaired) electrons. The van der Waals surface area contributed by atoms with Crippen LogP contribution in [0.3, 0.4) is 0 Å². The van der Waals surface area contributed by atoms with Crippen molar-refractivity contribution in [2.75, 3.05) is 5.73 Å². The van der Waals surface area contributed by atoms with Crippen molar-refractivity contribution < 1.29 is 0 Å². The average Bonchev–Trinajstić information content (AvgIpc) is 2.74. The first-order chi connectivity index (χ1) is 9.04. The minimum Gasteiger partial charge on any atom is -0.399 e. The van der Waals surface area contributed by atoms with Gasteiger partial charge in [-0.2, -0.15) is 0 Å². The summed E-state index contributed by atoms with van der Waals surface area (Å²) in [6.45, 7) is 8.27. The SMILES string of the molecule is Cc1csc(CN(Cc2cccc(N)c2)C(C)C)n1. The van der Waals surface area contributed by atoms with Crippen LogP contribution >= 0.6 is 11.3 Å². The molecular weight excluding hydrogens is 254 g/mol. The lowest BCUT2D eigenvalue weighted by Crippen LogP contribution is -2.29. The van der Waals surface area contributed by atoms with Crippen molar-refractivity contribution in [2.45, 2.75) is 39.9 Å². The van der Waals surface area contributed by atoms with Crippen LogP contribution < -0.4 is 5.73 Å². The molecular formula is C15H21N3S. The largest absolute Gasteiger partial charge is 0.399 e. The van der Waals surface area contributed by atoms with E-state index in [4.69, 9.17) is 5.73 Å². The van der Waals surface area contributed by atoms with Gasteiger partial charge in [-0.1, -0.05) is 12.1 Å². The molecule has 0 aliphatic carbocycles. The highest BCUT2D eigenvalue weighted by Crippen LogP contribution is 2.17. The first-order valence-corrected chi connectivity index (χ1v) is 7.42. The Kier molecular flexibility index (Phi) is 4.56. The summed E-state index contributed by atoms with van der Waals surface area (Å²) in [6.07, 6.45) is 0. The van der Waals surface area contributed by atoms with Crippen molar-refractivity contribution >= 4 is 17.0 Å². The lowest BCUT2D eigenvalue weighted by atomic mass is 10.1. The van der Waals surface area contributed by atoms with Crippen molar-refractivity contribution in [1.82, 2.24) is 9.88 Å². The highest BCUT2D eigenvalue weighted by Gasteiger charge is 2.13. The first kappa shape index (κ1) is 14.0. The molecule has 0 spiro atoms. The third-order valence-corrected chi connectivity index (χ3v) is 4.02. The summed E-state index contributed by atoms with van der Waals surface area (Å²) in [5.41, 5.74) is 9.02. The molecule has 0 bridgehead atoms. The smallest absolute Gasteiger partial charge is 0.107 e. The van der Waals surface area contributed by atoms with Crippen molar-refractivity contribution in [1.29, 1.82) is 0 Å². The second-order valence-corrected chi connectivity index (χ2v) is 6.07. The van der Waals surface area contributed by atoms with Crippen LogP contribution in [0, 0.1) is 6.92 Å². The van der Waals surface area contributed by atoms with Crippen LogP contribution in [0.15, 0.2) is 29.6 Å². The van der Waals surface area contributed by atoms with Gasteiger partial charge in [-0.05, 0) is 38.5 Å². The fraction of sp³-hybridized carbons (Fsp3) is 0.400. The molecule has 0 aliphatic heterocycles. The highest BCUT2D eigenvalue weighted by molar-refractivity contribution is 7.09. The van der Waals surface area contributed by atoms with E-state index >= 15 is 0 Å². The number of hydrogen-bond acceptors (Lipinski definition) is 4. The van der Waals surface area contributed by atoms with Crippen molar-refractivity contribution in [2.24, 2.45) is 0 Å². The molecule has 2 rings (SSSR count). The number of nitrogen functional groups attached to an aromatic ring is 1. The van der Waals surface area contributed by atoms with Gasteiger partial charge in [0.15, 0.2) is 0 Å². The summed E-state index contributed by atoms with van der Waals surface area (Å²) < 4.78 is 0. The van der Waals surface area contributed by atoms with Gasteiger partial charge in [-0.25, -0.2) is 4.98 Å². The number of aryl methyl sites for hydroxylation is 1. The molecule has 1 aromatic heterocycles. The van der Waals surface area contributed by atoms with E-state index in [-0.39, 0.29) is 0 Å². The molecule has 0 atom stereocenters. The van der Waals surface area contributed by atoms with Gasteiger partial charge in [0.25, 0.3) is 0 Å². The Labute approximate surface area is 119 Å². The predicted molar refractivity (Wildman–Crippen MR) is 82.1 cm³/mol. The summed E-state index contributed by atoms with van der Waals surface area (Å²) in [6, 6.07) is 8.58. The lowest BCUT2D eigenvalue weighted by molar-refractivity contribution is 0.203. The molecule has 0 fully saturated rings. The number of rotatable bonds is 5. The molecule has 19 heavy (non-hydrogen) atoms. The molecule has 0 saturated heterocycles. The minimum absolute atomic E-state index is 0.477. The summed E-state index contributed by atoms with van der Waals surface area (Å²) >= 11 is 1.73. The molecule has 3 nitrogen and oxygen atoms in total. The van der Waals surface area contributed by atoms with Gasteiger partial charge < -0.3 is 5.73 Å². The van der Waals surface area contributed by atoms with E-state index in [1.807, 2.05) is 25.1 Å². The topological polar surface area (TPSA) is 42.1 Å². The average molecular weight is 275 g/mol. The molecule has 0 unspecified atom stereocenters. The Morgan fingerprint density at radius 3 is 2.68 bits per heavy atom. The molecule has 0 saturated carbocycles. The van der Waals surface area contributed by atoms with Crippen LogP contribution in [-0.2, 0) is 13.1 Å². The Balaban J connectivity index is 2.08. The molecule has 0 amide bonds. The number of aromatic nitrogens is 1. The van der Waals surface area contributed by atoms with E-state index in [1.54, 1.807) is 11.3 Å². The van der Waals surface area contributed by atoms with Crippen LogP contribution in [0.4, 0.5) is 5.69 Å². The van der Waals surface area contributed by atoms with E-state index in [0.29, 0.717) is 6.04 Å². The van der Waals surface area contributed by atoms with Crippen molar-refractivity contribution in [3.8, 4) is 0 Å². The molecule has 2 N–H and O–H groups in total. The summed E-state index contributed by atoms with van der Waals surface area (Å²) in [5, 5.41) is 3.28. The van der Waals surface area contributed by atoms with Crippen LogP contribution in [0.1, 0.15) is 30.1 Å². The Morgan fingerprint density at radius 2 is 2.11 bits per heavy atom. The monoisotopic (exact) mass is 275 g/mol. The second-order valence-electron chi connectivity index (χ2n) is 5.13. The maximum atomic E-state index is 5.84. The van der Waals surface area contributed by atoms with E-state index < -0.39 is 0 Å². The lowest BCUT2D eigenvalue weighted by Gasteiger charge is -2.25. The summed E-state index contributed by atoms with van der Waals surface area (Å²) in [4.78, 5) is 6.95. The number of anilines is 1. The standard InChI is InChI=1S/C15H21N3S/c1-11(2)18(9-15-17-12(3)10-19-15)8-13-5-4-6-14(16)7-13/h4-7,10-11H,8-9,16H2,1-3H3. The maximum Gasteiger partial charge on any atom is 0.107 e. The molecule has 102 valence electrons. The van der Waals surface area contributed by atoms with Gasteiger partial charge in [-0.3, -0.25) is 4.90 Å². The van der Waals surface area contributed by atoms with Crippen molar-refractivity contribution in [3.05, 3.63) is 45.9 Å². The number of benzene rings is 1. The molecule has 1 heterocycles. The Hall–Kier alpha value is -1.39. The second kappa shape index (κ2) is 6.17. The van der Waals surface area contributed by atoms with E-state index in [2.05, 4.69) is 35.2 Å². The van der Waals surface area contributed by atoms with E-state index in [9.17, 15) is 0 Å². The zero-order valence-electron chi connectivity index (χ0n) is 11.8. The highest BCUT2D eigenvalue weighted by atomic mass is 32.1.